The number of benzene rings is 2. The summed E-state index contributed by atoms with van der Waals surface area (Å²) in [6.07, 6.45) is -4.83. The summed E-state index contributed by atoms with van der Waals surface area (Å²) in [5.74, 6) is -0.747. The molecule has 0 saturated carbocycles. The molecule has 2 rings (SSSR count). The first-order valence-corrected chi connectivity index (χ1v) is 8.48. The molecule has 0 aliphatic heterocycles. The van der Waals surface area contributed by atoms with Crippen LogP contribution < -0.4 is 5.32 Å². The van der Waals surface area contributed by atoms with E-state index in [1.54, 1.807) is 24.3 Å². The van der Waals surface area contributed by atoms with E-state index >= 15 is 0 Å². The Morgan fingerprint density at radius 3 is 2.40 bits per heavy atom. The number of anilines is 1. The predicted molar refractivity (Wildman–Crippen MR) is 91.6 cm³/mol. The number of nitro groups is 1. The van der Waals surface area contributed by atoms with Gasteiger partial charge in [0.05, 0.1) is 21.9 Å². The van der Waals surface area contributed by atoms with E-state index in [2.05, 4.69) is 21.2 Å². The van der Waals surface area contributed by atoms with E-state index < -0.39 is 33.9 Å². The van der Waals surface area contributed by atoms with Crippen LogP contribution in [-0.4, -0.2) is 16.6 Å². The van der Waals surface area contributed by atoms with Crippen molar-refractivity contribution in [2.75, 3.05) is 11.1 Å². The Morgan fingerprint density at radius 1 is 1.20 bits per heavy atom. The average molecular weight is 435 g/mol. The van der Waals surface area contributed by atoms with Crippen LogP contribution in [0.25, 0.3) is 0 Å². The zero-order chi connectivity index (χ0) is 18.6. The van der Waals surface area contributed by atoms with E-state index in [-0.39, 0.29) is 5.75 Å². The number of amides is 1. The van der Waals surface area contributed by atoms with Crippen LogP contribution in [0.4, 0.5) is 24.5 Å². The lowest BCUT2D eigenvalue weighted by atomic mass is 10.1. The topological polar surface area (TPSA) is 72.2 Å². The van der Waals surface area contributed by atoms with Gasteiger partial charge in [-0.25, -0.2) is 0 Å². The van der Waals surface area contributed by atoms with Gasteiger partial charge in [-0.3, -0.25) is 14.9 Å². The zero-order valence-electron chi connectivity index (χ0n) is 12.3. The SMILES string of the molecule is O=C(CSc1ccc(Br)cc1)Nc1ccc([N+](=O)[O-])cc1C(F)(F)F. The molecule has 132 valence electrons. The minimum absolute atomic E-state index is 0.101. The van der Waals surface area contributed by atoms with Gasteiger partial charge in [0, 0.05) is 21.5 Å². The number of thioether (sulfide) groups is 1. The van der Waals surface area contributed by atoms with Crippen LogP contribution in [0.1, 0.15) is 5.56 Å². The van der Waals surface area contributed by atoms with Gasteiger partial charge in [-0.15, -0.1) is 11.8 Å². The smallest absolute Gasteiger partial charge is 0.325 e. The van der Waals surface area contributed by atoms with Crippen LogP contribution in [0.5, 0.6) is 0 Å². The van der Waals surface area contributed by atoms with Gasteiger partial charge in [-0.05, 0) is 30.3 Å². The molecule has 0 aliphatic rings. The monoisotopic (exact) mass is 434 g/mol. The molecule has 10 heteroatoms. The maximum atomic E-state index is 13.0. The summed E-state index contributed by atoms with van der Waals surface area (Å²) in [6.45, 7) is 0. The highest BCUT2D eigenvalue weighted by molar-refractivity contribution is 9.10. The number of nitrogens with zero attached hydrogens (tertiary/aromatic N) is 1. The number of nitrogens with one attached hydrogen (secondary N) is 1. The van der Waals surface area contributed by atoms with Crippen molar-refractivity contribution in [3.8, 4) is 0 Å². The van der Waals surface area contributed by atoms with Crippen molar-refractivity contribution in [1.82, 2.24) is 0 Å². The lowest BCUT2D eigenvalue weighted by Crippen LogP contribution is -2.18. The lowest BCUT2D eigenvalue weighted by Gasteiger charge is -2.13. The molecule has 5 nitrogen and oxygen atoms in total. The van der Waals surface area contributed by atoms with E-state index in [9.17, 15) is 28.1 Å². The lowest BCUT2D eigenvalue weighted by molar-refractivity contribution is -0.385. The second kappa shape index (κ2) is 7.87. The first kappa shape index (κ1) is 19.3. The molecule has 0 spiro atoms. The minimum Gasteiger partial charge on any atom is -0.325 e. The van der Waals surface area contributed by atoms with Crippen molar-refractivity contribution in [3.05, 3.63) is 62.6 Å². The Morgan fingerprint density at radius 2 is 1.84 bits per heavy atom. The average Bonchev–Trinajstić information content (AvgIpc) is 2.53. The maximum Gasteiger partial charge on any atom is 0.418 e. The van der Waals surface area contributed by atoms with Crippen LogP contribution in [0.3, 0.4) is 0 Å². The number of rotatable bonds is 5. The van der Waals surface area contributed by atoms with Crippen molar-refractivity contribution < 1.29 is 22.9 Å². The van der Waals surface area contributed by atoms with E-state index in [1.807, 2.05) is 0 Å². The third-order valence-electron chi connectivity index (χ3n) is 2.98. The van der Waals surface area contributed by atoms with Gasteiger partial charge in [0.1, 0.15) is 0 Å². The van der Waals surface area contributed by atoms with E-state index in [0.717, 1.165) is 33.3 Å². The van der Waals surface area contributed by atoms with Crippen LogP contribution in [-0.2, 0) is 11.0 Å². The van der Waals surface area contributed by atoms with Crippen LogP contribution in [0.15, 0.2) is 51.8 Å². The summed E-state index contributed by atoms with van der Waals surface area (Å²) in [6, 6.07) is 9.26. The normalized spacial score (nSPS) is 11.2. The Balaban J connectivity index is 2.11. The summed E-state index contributed by atoms with van der Waals surface area (Å²) in [5.41, 5.74) is -2.47. The van der Waals surface area contributed by atoms with Gasteiger partial charge in [0.25, 0.3) is 5.69 Å². The molecule has 2 aromatic rings. The molecular formula is C15H10BrF3N2O3S. The number of non-ortho nitro benzene ring substituents is 1. The van der Waals surface area contributed by atoms with E-state index in [1.165, 1.54) is 0 Å². The predicted octanol–water partition coefficient (Wildman–Crippen LogP) is 5.11. The van der Waals surface area contributed by atoms with Crippen LogP contribution in [0, 0.1) is 10.1 Å². The number of alkyl halides is 3. The molecule has 1 amide bonds. The van der Waals surface area contributed by atoms with E-state index in [0.29, 0.717) is 6.07 Å². The second-order valence-corrected chi connectivity index (χ2v) is 6.74. The highest BCUT2D eigenvalue weighted by Crippen LogP contribution is 2.37. The Labute approximate surface area is 152 Å². The summed E-state index contributed by atoms with van der Waals surface area (Å²) < 4.78 is 40.0. The molecular weight excluding hydrogens is 425 g/mol. The first-order chi connectivity index (χ1) is 11.7. The largest absolute Gasteiger partial charge is 0.418 e. The Hall–Kier alpha value is -2.07. The molecule has 0 heterocycles. The number of carbonyl (C=O) groups is 1. The van der Waals surface area contributed by atoms with Crippen molar-refractivity contribution in [2.24, 2.45) is 0 Å². The zero-order valence-corrected chi connectivity index (χ0v) is 14.7. The third kappa shape index (κ3) is 5.46. The number of halogens is 4. The van der Waals surface area contributed by atoms with Gasteiger partial charge in [0.2, 0.25) is 5.91 Å². The summed E-state index contributed by atoms with van der Waals surface area (Å²) in [4.78, 5) is 22.4. The van der Waals surface area contributed by atoms with Crippen molar-refractivity contribution in [3.63, 3.8) is 0 Å². The molecule has 0 fully saturated rings. The second-order valence-electron chi connectivity index (χ2n) is 4.78. The number of carbonyl (C=O) groups excluding carboxylic acids is 1. The number of hydrogen-bond donors (Lipinski definition) is 1. The van der Waals surface area contributed by atoms with Crippen LogP contribution in [0.2, 0.25) is 0 Å². The number of hydrogen-bond acceptors (Lipinski definition) is 4. The van der Waals surface area contributed by atoms with Gasteiger partial charge in [-0.2, -0.15) is 13.2 Å². The van der Waals surface area contributed by atoms with Gasteiger partial charge in [-0.1, -0.05) is 15.9 Å². The maximum absolute atomic E-state index is 13.0. The van der Waals surface area contributed by atoms with Gasteiger partial charge >= 0.3 is 6.18 Å². The molecule has 1 N–H and O–H groups in total. The number of nitro benzene ring substituents is 1. The first-order valence-electron chi connectivity index (χ1n) is 6.70. The van der Waals surface area contributed by atoms with E-state index in [4.69, 9.17) is 0 Å². The standard InChI is InChI=1S/C15H10BrF3N2O3S/c16-9-1-4-11(5-2-9)25-8-14(22)20-13-6-3-10(21(23)24)7-12(13)15(17,18)19/h1-7H,8H2,(H,20,22). The summed E-state index contributed by atoms with van der Waals surface area (Å²) in [5, 5.41) is 12.8. The fraction of sp³-hybridized carbons (Fsp3) is 0.133. The molecule has 0 aliphatic carbocycles. The molecule has 0 bridgehead atoms. The van der Waals surface area contributed by atoms with Gasteiger partial charge < -0.3 is 5.32 Å². The fourth-order valence-electron chi connectivity index (χ4n) is 1.86. The van der Waals surface area contributed by atoms with Crippen molar-refractivity contribution in [2.45, 2.75) is 11.1 Å². The molecule has 0 unspecified atom stereocenters. The summed E-state index contributed by atoms with van der Waals surface area (Å²) in [7, 11) is 0. The Kier molecular flexibility index (Phi) is 6.07. The molecule has 0 radical (unpaired) electrons. The van der Waals surface area contributed by atoms with Crippen molar-refractivity contribution >= 4 is 45.0 Å². The molecule has 25 heavy (non-hydrogen) atoms. The minimum atomic E-state index is -4.83. The Bertz CT molecular complexity index is 798. The highest BCUT2D eigenvalue weighted by Gasteiger charge is 2.35. The molecule has 0 aromatic heterocycles. The fourth-order valence-corrected chi connectivity index (χ4v) is 2.82. The molecule has 0 saturated heterocycles. The summed E-state index contributed by atoms with van der Waals surface area (Å²) >= 11 is 4.42. The van der Waals surface area contributed by atoms with Crippen molar-refractivity contribution in [1.29, 1.82) is 0 Å². The third-order valence-corrected chi connectivity index (χ3v) is 4.52. The quantitative estimate of drug-likeness (QED) is 0.403. The highest BCUT2D eigenvalue weighted by atomic mass is 79.9. The van der Waals surface area contributed by atoms with Crippen LogP contribution >= 0.6 is 27.7 Å². The van der Waals surface area contributed by atoms with Gasteiger partial charge in [0.15, 0.2) is 0 Å². The molecule has 2 aromatic carbocycles. The molecule has 0 atom stereocenters.